The van der Waals surface area contributed by atoms with Crippen LogP contribution in [0.15, 0.2) is 41.0 Å². The van der Waals surface area contributed by atoms with Crippen molar-refractivity contribution in [2.24, 2.45) is 0 Å². The lowest BCUT2D eigenvalue weighted by atomic mass is 10.2. The maximum Gasteiger partial charge on any atom is 0.270 e. The smallest absolute Gasteiger partial charge is 0.270 e. The van der Waals surface area contributed by atoms with Crippen molar-refractivity contribution in [3.05, 3.63) is 63.9 Å². The number of halogens is 3. The van der Waals surface area contributed by atoms with E-state index in [2.05, 4.69) is 26.2 Å². The van der Waals surface area contributed by atoms with Crippen LogP contribution in [0.4, 0.5) is 8.78 Å². The van der Waals surface area contributed by atoms with Crippen LogP contribution in [0.5, 0.6) is 0 Å². The molecule has 0 saturated heterocycles. The molecule has 19 heavy (non-hydrogen) atoms. The molecule has 6 heteroatoms. The fourth-order valence-electron chi connectivity index (χ4n) is 1.47. The second kappa shape index (κ2) is 5.88. The van der Waals surface area contributed by atoms with Gasteiger partial charge in [-0.1, -0.05) is 12.1 Å². The van der Waals surface area contributed by atoms with Crippen LogP contribution < -0.4 is 5.32 Å². The first-order valence-electron chi connectivity index (χ1n) is 5.41. The molecule has 1 heterocycles. The van der Waals surface area contributed by atoms with Gasteiger partial charge in [0.15, 0.2) is 0 Å². The van der Waals surface area contributed by atoms with E-state index in [0.717, 1.165) is 12.1 Å². The minimum Gasteiger partial charge on any atom is -0.347 e. The van der Waals surface area contributed by atoms with Crippen molar-refractivity contribution in [1.82, 2.24) is 10.3 Å². The van der Waals surface area contributed by atoms with Crippen molar-refractivity contribution in [1.29, 1.82) is 0 Å². The summed E-state index contributed by atoms with van der Waals surface area (Å²) in [6, 6.07) is 8.11. The van der Waals surface area contributed by atoms with Gasteiger partial charge in [0.05, 0.1) is 0 Å². The molecule has 0 saturated carbocycles. The van der Waals surface area contributed by atoms with Crippen molar-refractivity contribution in [3.63, 3.8) is 0 Å². The van der Waals surface area contributed by atoms with E-state index < -0.39 is 17.5 Å². The van der Waals surface area contributed by atoms with Gasteiger partial charge in [0.25, 0.3) is 5.91 Å². The van der Waals surface area contributed by atoms with E-state index in [4.69, 9.17) is 0 Å². The second-order valence-electron chi connectivity index (χ2n) is 3.76. The zero-order valence-electron chi connectivity index (χ0n) is 9.66. The van der Waals surface area contributed by atoms with Gasteiger partial charge >= 0.3 is 0 Å². The normalized spacial score (nSPS) is 10.3. The molecule has 0 aliphatic carbocycles. The Morgan fingerprint density at radius 3 is 2.74 bits per heavy atom. The number of aromatic nitrogens is 1. The molecule has 1 amide bonds. The summed E-state index contributed by atoms with van der Waals surface area (Å²) in [7, 11) is 0. The van der Waals surface area contributed by atoms with Crippen LogP contribution in [-0.2, 0) is 6.54 Å². The Bertz CT molecular complexity index is 619. The van der Waals surface area contributed by atoms with E-state index in [1.807, 2.05) is 0 Å². The molecule has 2 rings (SSSR count). The summed E-state index contributed by atoms with van der Waals surface area (Å²) >= 11 is 3.15. The molecule has 1 aromatic carbocycles. The molecular formula is C13H9BrF2N2O. The molecule has 98 valence electrons. The predicted octanol–water partition coefficient (Wildman–Crippen LogP) is 3.05. The van der Waals surface area contributed by atoms with E-state index in [0.29, 0.717) is 4.60 Å². The minimum absolute atomic E-state index is 0.0286. The van der Waals surface area contributed by atoms with Gasteiger partial charge in [-0.25, -0.2) is 13.8 Å². The van der Waals surface area contributed by atoms with Gasteiger partial charge in [-0.2, -0.15) is 0 Å². The molecule has 0 spiro atoms. The Kier molecular flexibility index (Phi) is 4.21. The molecule has 0 unspecified atom stereocenters. The molecule has 1 aromatic heterocycles. The van der Waals surface area contributed by atoms with E-state index in [1.54, 1.807) is 18.2 Å². The number of carbonyl (C=O) groups excluding carboxylic acids is 1. The topological polar surface area (TPSA) is 42.0 Å². The highest BCUT2D eigenvalue weighted by atomic mass is 79.9. The minimum atomic E-state index is -0.692. The number of pyridine rings is 1. The number of nitrogens with one attached hydrogen (secondary N) is 1. The lowest BCUT2D eigenvalue weighted by molar-refractivity contribution is 0.0945. The number of rotatable bonds is 3. The summed E-state index contributed by atoms with van der Waals surface area (Å²) in [5.41, 5.74) is 0.432. The Labute approximate surface area is 116 Å². The number of hydrogen-bond donors (Lipinski definition) is 1. The van der Waals surface area contributed by atoms with Gasteiger partial charge in [0.1, 0.15) is 21.9 Å². The third-order valence-corrected chi connectivity index (χ3v) is 2.84. The molecule has 1 N–H and O–H groups in total. The standard InChI is InChI=1S/C13H9BrF2N2O/c14-12-3-1-2-11(18-12)13(19)17-7-8-4-5-9(15)6-10(8)16/h1-6H,7H2,(H,17,19). The van der Waals surface area contributed by atoms with Crippen LogP contribution >= 0.6 is 15.9 Å². The molecule has 0 radical (unpaired) electrons. The van der Waals surface area contributed by atoms with Crippen molar-refractivity contribution in [3.8, 4) is 0 Å². The third-order valence-electron chi connectivity index (χ3n) is 2.40. The number of nitrogens with zero attached hydrogens (tertiary/aromatic N) is 1. The Balaban J connectivity index is 2.04. The Morgan fingerprint density at radius 2 is 2.05 bits per heavy atom. The summed E-state index contributed by atoms with van der Waals surface area (Å²) in [4.78, 5) is 15.7. The van der Waals surface area contributed by atoms with E-state index in [1.165, 1.54) is 6.07 Å². The first kappa shape index (κ1) is 13.6. The highest BCUT2D eigenvalue weighted by Crippen LogP contribution is 2.10. The maximum absolute atomic E-state index is 13.4. The average Bonchev–Trinajstić information content (AvgIpc) is 2.37. The fraction of sp³-hybridized carbons (Fsp3) is 0.0769. The van der Waals surface area contributed by atoms with Gasteiger partial charge in [-0.15, -0.1) is 0 Å². The lowest BCUT2D eigenvalue weighted by Gasteiger charge is -2.06. The number of benzene rings is 1. The predicted molar refractivity (Wildman–Crippen MR) is 69.5 cm³/mol. The molecule has 0 aliphatic heterocycles. The average molecular weight is 327 g/mol. The van der Waals surface area contributed by atoms with Crippen molar-refractivity contribution < 1.29 is 13.6 Å². The molecule has 0 atom stereocenters. The largest absolute Gasteiger partial charge is 0.347 e. The van der Waals surface area contributed by atoms with Gasteiger partial charge < -0.3 is 5.32 Å². The van der Waals surface area contributed by atoms with E-state index in [-0.39, 0.29) is 17.8 Å². The summed E-state index contributed by atoms with van der Waals surface area (Å²) in [6.45, 7) is -0.0286. The highest BCUT2D eigenvalue weighted by Gasteiger charge is 2.09. The lowest BCUT2D eigenvalue weighted by Crippen LogP contribution is -2.24. The Morgan fingerprint density at radius 1 is 1.26 bits per heavy atom. The van der Waals surface area contributed by atoms with Crippen LogP contribution in [0.3, 0.4) is 0 Å². The molecule has 0 fully saturated rings. The second-order valence-corrected chi connectivity index (χ2v) is 4.58. The van der Waals surface area contributed by atoms with Crippen LogP contribution in [-0.4, -0.2) is 10.9 Å². The molecular weight excluding hydrogens is 318 g/mol. The quantitative estimate of drug-likeness (QED) is 0.881. The van der Waals surface area contributed by atoms with Crippen LogP contribution in [0.2, 0.25) is 0 Å². The number of hydrogen-bond acceptors (Lipinski definition) is 2. The molecule has 3 nitrogen and oxygen atoms in total. The van der Waals surface area contributed by atoms with Crippen molar-refractivity contribution in [2.45, 2.75) is 6.54 Å². The molecule has 0 aliphatic rings. The molecule has 2 aromatic rings. The first-order valence-corrected chi connectivity index (χ1v) is 6.20. The van der Waals surface area contributed by atoms with E-state index >= 15 is 0 Å². The first-order chi connectivity index (χ1) is 9.06. The van der Waals surface area contributed by atoms with Crippen LogP contribution in [0.1, 0.15) is 16.1 Å². The van der Waals surface area contributed by atoms with Crippen LogP contribution in [0.25, 0.3) is 0 Å². The van der Waals surface area contributed by atoms with E-state index in [9.17, 15) is 13.6 Å². The van der Waals surface area contributed by atoms with Gasteiger partial charge in [0, 0.05) is 18.2 Å². The van der Waals surface area contributed by atoms with Gasteiger partial charge in [-0.3, -0.25) is 4.79 Å². The monoisotopic (exact) mass is 326 g/mol. The fourth-order valence-corrected chi connectivity index (χ4v) is 1.81. The zero-order chi connectivity index (χ0) is 13.8. The zero-order valence-corrected chi connectivity index (χ0v) is 11.2. The number of amides is 1. The number of carbonyl (C=O) groups is 1. The summed E-state index contributed by atoms with van der Waals surface area (Å²) in [5.74, 6) is -1.77. The third kappa shape index (κ3) is 3.57. The molecule has 0 bridgehead atoms. The SMILES string of the molecule is O=C(NCc1ccc(F)cc1F)c1cccc(Br)n1. The summed E-state index contributed by atoms with van der Waals surface area (Å²) < 4.78 is 26.6. The van der Waals surface area contributed by atoms with Crippen molar-refractivity contribution >= 4 is 21.8 Å². The summed E-state index contributed by atoms with van der Waals surface area (Å²) in [5, 5.41) is 2.52. The van der Waals surface area contributed by atoms with Gasteiger partial charge in [-0.05, 0) is 34.1 Å². The summed E-state index contributed by atoms with van der Waals surface area (Å²) in [6.07, 6.45) is 0. The van der Waals surface area contributed by atoms with Crippen molar-refractivity contribution in [2.75, 3.05) is 0 Å². The Hall–Kier alpha value is -1.82. The van der Waals surface area contributed by atoms with Crippen LogP contribution in [0, 0.1) is 11.6 Å². The maximum atomic E-state index is 13.4. The highest BCUT2D eigenvalue weighted by molar-refractivity contribution is 9.10. The van der Waals surface area contributed by atoms with Gasteiger partial charge in [0.2, 0.25) is 0 Å².